The molecule has 2 heterocycles. The van der Waals surface area contributed by atoms with Crippen molar-refractivity contribution in [2.24, 2.45) is 7.05 Å². The number of hydrogen-bond donors (Lipinski definition) is 1. The summed E-state index contributed by atoms with van der Waals surface area (Å²) >= 11 is 0. The Hall–Kier alpha value is -2.95. The Morgan fingerprint density at radius 2 is 2.09 bits per heavy atom. The van der Waals surface area contributed by atoms with E-state index in [1.54, 1.807) is 17.0 Å². The number of benzene rings is 1. The average molecular weight is 306 g/mol. The van der Waals surface area contributed by atoms with Crippen LogP contribution in [0.3, 0.4) is 0 Å². The van der Waals surface area contributed by atoms with Gasteiger partial charge in [-0.1, -0.05) is 29.8 Å². The van der Waals surface area contributed by atoms with E-state index in [0.717, 1.165) is 27.9 Å². The fourth-order valence-corrected chi connectivity index (χ4v) is 2.51. The van der Waals surface area contributed by atoms with E-state index >= 15 is 0 Å². The van der Waals surface area contributed by atoms with E-state index in [-0.39, 0.29) is 5.91 Å². The van der Waals surface area contributed by atoms with Gasteiger partial charge in [-0.2, -0.15) is 5.10 Å². The molecule has 1 N–H and O–H groups in total. The molecule has 0 unspecified atom stereocenters. The monoisotopic (exact) mass is 306 g/mol. The van der Waals surface area contributed by atoms with E-state index in [1.165, 1.54) is 6.08 Å². The molecule has 0 saturated heterocycles. The van der Waals surface area contributed by atoms with Crippen LogP contribution < -0.4 is 5.32 Å². The zero-order valence-electron chi connectivity index (χ0n) is 13.4. The van der Waals surface area contributed by atoms with Gasteiger partial charge in [-0.15, -0.1) is 0 Å². The number of amides is 1. The van der Waals surface area contributed by atoms with Crippen molar-refractivity contribution in [3.8, 4) is 0 Å². The van der Waals surface area contributed by atoms with Crippen LogP contribution in [0, 0.1) is 13.8 Å². The third kappa shape index (κ3) is 3.29. The third-order valence-corrected chi connectivity index (χ3v) is 3.60. The maximum Gasteiger partial charge on any atom is 0.248 e. The fourth-order valence-electron chi connectivity index (χ4n) is 2.51. The molecule has 0 aliphatic rings. The number of nitrogens with zero attached hydrogens (tertiary/aromatic N) is 3. The lowest BCUT2D eigenvalue weighted by molar-refractivity contribution is -0.111. The quantitative estimate of drug-likeness (QED) is 0.756. The van der Waals surface area contributed by atoms with Crippen molar-refractivity contribution in [3.63, 3.8) is 0 Å². The molecule has 0 bridgehead atoms. The number of carbonyl (C=O) groups excluding carboxylic acids is 1. The van der Waals surface area contributed by atoms with Gasteiger partial charge in [0.1, 0.15) is 0 Å². The standard InChI is InChI=1S/C18H18N4O/c1-12-5-4-6-14(9-12)7-8-17(23)20-15-10-16-13(2)21-22(3)18(16)19-11-15/h4-11H,1-3H3,(H,20,23)/b8-7+. The largest absolute Gasteiger partial charge is 0.321 e. The number of fused-ring (bicyclic) bond motifs is 1. The molecule has 1 amide bonds. The molecule has 5 heteroatoms. The predicted molar refractivity (Wildman–Crippen MR) is 92.1 cm³/mol. The first-order valence-corrected chi connectivity index (χ1v) is 7.38. The number of hydrogen-bond acceptors (Lipinski definition) is 3. The van der Waals surface area contributed by atoms with Gasteiger partial charge in [-0.05, 0) is 31.6 Å². The molecule has 0 aliphatic heterocycles. The Morgan fingerprint density at radius 1 is 1.26 bits per heavy atom. The summed E-state index contributed by atoms with van der Waals surface area (Å²) in [6.07, 6.45) is 4.96. The van der Waals surface area contributed by atoms with Gasteiger partial charge in [-0.25, -0.2) is 4.98 Å². The van der Waals surface area contributed by atoms with Gasteiger partial charge in [-0.3, -0.25) is 9.48 Å². The number of nitrogens with one attached hydrogen (secondary N) is 1. The highest BCUT2D eigenvalue weighted by Gasteiger charge is 2.07. The lowest BCUT2D eigenvalue weighted by Crippen LogP contribution is -2.08. The molecule has 0 spiro atoms. The highest BCUT2D eigenvalue weighted by molar-refractivity contribution is 6.02. The molecule has 1 aromatic carbocycles. The van der Waals surface area contributed by atoms with E-state index in [9.17, 15) is 4.79 Å². The van der Waals surface area contributed by atoms with Crippen LogP contribution in [0.5, 0.6) is 0 Å². The summed E-state index contributed by atoms with van der Waals surface area (Å²) in [6.45, 7) is 3.95. The molecule has 116 valence electrons. The minimum Gasteiger partial charge on any atom is -0.321 e. The molecular weight excluding hydrogens is 288 g/mol. The molecule has 0 atom stereocenters. The summed E-state index contributed by atoms with van der Waals surface area (Å²) in [6, 6.07) is 9.87. The van der Waals surface area contributed by atoms with Gasteiger partial charge in [0.2, 0.25) is 5.91 Å². The van der Waals surface area contributed by atoms with E-state index in [1.807, 2.05) is 51.2 Å². The molecule has 0 radical (unpaired) electrons. The van der Waals surface area contributed by atoms with Crippen molar-refractivity contribution in [2.45, 2.75) is 13.8 Å². The molecule has 3 aromatic rings. The number of anilines is 1. The topological polar surface area (TPSA) is 59.8 Å². The smallest absolute Gasteiger partial charge is 0.248 e. The molecule has 2 aromatic heterocycles. The van der Waals surface area contributed by atoms with E-state index in [4.69, 9.17) is 0 Å². The highest BCUT2D eigenvalue weighted by Crippen LogP contribution is 2.19. The van der Waals surface area contributed by atoms with Gasteiger partial charge in [0, 0.05) is 18.5 Å². The first-order valence-electron chi connectivity index (χ1n) is 7.38. The Bertz CT molecular complexity index is 909. The lowest BCUT2D eigenvalue weighted by Gasteiger charge is -2.02. The van der Waals surface area contributed by atoms with Crippen molar-refractivity contribution in [2.75, 3.05) is 5.32 Å². The number of carbonyl (C=O) groups is 1. The third-order valence-electron chi connectivity index (χ3n) is 3.60. The molecule has 5 nitrogen and oxygen atoms in total. The van der Waals surface area contributed by atoms with Crippen LogP contribution in [0.4, 0.5) is 5.69 Å². The minimum absolute atomic E-state index is 0.186. The van der Waals surface area contributed by atoms with Crippen molar-refractivity contribution in [3.05, 3.63) is 59.4 Å². The van der Waals surface area contributed by atoms with Crippen LogP contribution in [0.25, 0.3) is 17.1 Å². The van der Waals surface area contributed by atoms with Crippen molar-refractivity contribution < 1.29 is 4.79 Å². The van der Waals surface area contributed by atoms with Gasteiger partial charge in [0.05, 0.1) is 17.6 Å². The maximum atomic E-state index is 12.1. The summed E-state index contributed by atoms with van der Waals surface area (Å²) in [5.41, 5.74) is 4.51. The van der Waals surface area contributed by atoms with E-state index in [0.29, 0.717) is 5.69 Å². The lowest BCUT2D eigenvalue weighted by atomic mass is 10.1. The molecular formula is C18H18N4O. The molecule has 23 heavy (non-hydrogen) atoms. The van der Waals surface area contributed by atoms with Crippen LogP contribution in [0.15, 0.2) is 42.6 Å². The van der Waals surface area contributed by atoms with Gasteiger partial charge >= 0.3 is 0 Å². The Labute approximate surface area is 134 Å². The zero-order valence-corrected chi connectivity index (χ0v) is 13.4. The molecule has 0 aliphatic carbocycles. The highest BCUT2D eigenvalue weighted by atomic mass is 16.1. The number of aromatic nitrogens is 3. The molecule has 3 rings (SSSR count). The van der Waals surface area contributed by atoms with Crippen LogP contribution >= 0.6 is 0 Å². The van der Waals surface area contributed by atoms with Gasteiger partial charge in [0.15, 0.2) is 5.65 Å². The number of pyridine rings is 1. The summed E-state index contributed by atoms with van der Waals surface area (Å²) < 4.78 is 1.73. The maximum absolute atomic E-state index is 12.1. The Balaban J connectivity index is 1.76. The van der Waals surface area contributed by atoms with Crippen LogP contribution in [-0.2, 0) is 11.8 Å². The minimum atomic E-state index is -0.186. The number of aryl methyl sites for hydroxylation is 3. The van der Waals surface area contributed by atoms with E-state index < -0.39 is 0 Å². The second-order valence-corrected chi connectivity index (χ2v) is 5.54. The van der Waals surface area contributed by atoms with Gasteiger partial charge < -0.3 is 5.32 Å². The number of rotatable bonds is 3. The van der Waals surface area contributed by atoms with E-state index in [2.05, 4.69) is 15.4 Å². The Kier molecular flexibility index (Phi) is 3.93. The molecule has 0 saturated carbocycles. The van der Waals surface area contributed by atoms with Crippen LogP contribution in [-0.4, -0.2) is 20.7 Å². The second kappa shape index (κ2) is 6.04. The van der Waals surface area contributed by atoms with Crippen LogP contribution in [0.1, 0.15) is 16.8 Å². The predicted octanol–water partition coefficient (Wildman–Crippen LogP) is 3.24. The first kappa shape index (κ1) is 15.0. The second-order valence-electron chi connectivity index (χ2n) is 5.54. The normalized spacial score (nSPS) is 11.3. The first-order chi connectivity index (χ1) is 11.0. The zero-order chi connectivity index (χ0) is 16.4. The summed E-state index contributed by atoms with van der Waals surface area (Å²) in [5.74, 6) is -0.186. The summed E-state index contributed by atoms with van der Waals surface area (Å²) in [4.78, 5) is 16.4. The Morgan fingerprint density at radius 3 is 2.87 bits per heavy atom. The summed E-state index contributed by atoms with van der Waals surface area (Å²) in [7, 11) is 1.85. The van der Waals surface area contributed by atoms with Crippen molar-refractivity contribution in [1.82, 2.24) is 14.8 Å². The average Bonchev–Trinajstić information content (AvgIpc) is 2.80. The van der Waals surface area contributed by atoms with Gasteiger partial charge in [0.25, 0.3) is 0 Å². The fraction of sp³-hybridized carbons (Fsp3) is 0.167. The van der Waals surface area contributed by atoms with Crippen molar-refractivity contribution >= 4 is 28.7 Å². The SMILES string of the molecule is Cc1cccc(/C=C/C(=O)Nc2cnc3c(c2)c(C)nn3C)c1. The van der Waals surface area contributed by atoms with Crippen molar-refractivity contribution in [1.29, 1.82) is 0 Å². The molecule has 0 fully saturated rings. The summed E-state index contributed by atoms with van der Waals surface area (Å²) in [5, 5.41) is 8.09. The van der Waals surface area contributed by atoms with Crippen LogP contribution in [0.2, 0.25) is 0 Å².